The van der Waals surface area contributed by atoms with Crippen LogP contribution in [0.4, 0.5) is 20.3 Å². The van der Waals surface area contributed by atoms with Gasteiger partial charge in [0, 0.05) is 11.7 Å². The summed E-state index contributed by atoms with van der Waals surface area (Å²) in [6.45, 7) is 3.71. The van der Waals surface area contributed by atoms with Crippen LogP contribution in [-0.4, -0.2) is 35.1 Å². The molecule has 1 fully saturated rings. The van der Waals surface area contributed by atoms with Gasteiger partial charge in [0.2, 0.25) is 11.0 Å². The van der Waals surface area contributed by atoms with E-state index < -0.39 is 55.2 Å². The number of sulfonamides is 1. The minimum absolute atomic E-state index is 0.0941. The lowest BCUT2D eigenvalue weighted by molar-refractivity contribution is -0.384. The monoisotopic (exact) mass is 554 g/mol. The molecule has 13 heteroatoms. The molecule has 2 aromatic carbocycles. The second-order valence-corrected chi connectivity index (χ2v) is 11.5. The quantitative estimate of drug-likeness (QED) is 0.107. The Morgan fingerprint density at radius 3 is 2.47 bits per heavy atom. The first-order valence-corrected chi connectivity index (χ1v) is 13.8. The number of anilines is 1. The van der Waals surface area contributed by atoms with E-state index in [0.717, 1.165) is 28.4 Å². The summed E-state index contributed by atoms with van der Waals surface area (Å²) >= 11 is 7.35. The Morgan fingerprint density at radius 1 is 1.17 bits per heavy atom. The van der Waals surface area contributed by atoms with Gasteiger partial charge in [0.1, 0.15) is 0 Å². The third-order valence-corrected chi connectivity index (χ3v) is 8.78. The first kappa shape index (κ1) is 26.2. The molecule has 8 nitrogen and oxygen atoms in total. The smallest absolute Gasteiger partial charge is 0.258 e. The molecule has 0 amide bonds. The van der Waals surface area contributed by atoms with Gasteiger partial charge in [0.05, 0.1) is 15.9 Å². The molecule has 0 saturated heterocycles. The van der Waals surface area contributed by atoms with Crippen molar-refractivity contribution in [1.29, 1.82) is 0 Å². The van der Waals surface area contributed by atoms with Gasteiger partial charge < -0.3 is 0 Å². The summed E-state index contributed by atoms with van der Waals surface area (Å²) in [5.74, 6) is -2.52. The first-order chi connectivity index (χ1) is 17.0. The Hall–Kier alpha value is -2.83. The van der Waals surface area contributed by atoms with Gasteiger partial charge in [-0.15, -0.1) is 0 Å². The van der Waals surface area contributed by atoms with Crippen molar-refractivity contribution in [3.05, 3.63) is 80.5 Å². The molecule has 0 spiro atoms. The molecular formula is C23H21ClF2N4O4S2. The fourth-order valence-corrected chi connectivity index (χ4v) is 6.41. The van der Waals surface area contributed by atoms with Gasteiger partial charge in [-0.3, -0.25) is 10.1 Å². The number of thioether (sulfide) groups is 1. The summed E-state index contributed by atoms with van der Waals surface area (Å²) in [6, 6.07) is 8.49. The van der Waals surface area contributed by atoms with E-state index in [1.165, 1.54) is 30.0 Å². The Kier molecular flexibility index (Phi) is 7.48. The molecule has 1 aliphatic rings. The Morgan fingerprint density at radius 2 is 1.86 bits per heavy atom. The standard InChI is InChI=1S/C23H21ClF2N4O4S2/c1-3-10-35-23-27-21(24)20(30(31)32)22(28-23)29(36(33,34)15-7-4-13(2)5-8-15)19-12-16(19)14-6-9-17(25)18(26)11-14/h4-9,11,16,19H,3,10,12H2,1-2H3/t16-,19+/m0/s1. The van der Waals surface area contributed by atoms with Crippen molar-refractivity contribution in [2.45, 2.75) is 48.7 Å². The number of hydrogen-bond donors (Lipinski definition) is 0. The van der Waals surface area contributed by atoms with Crippen LogP contribution in [0.2, 0.25) is 5.15 Å². The van der Waals surface area contributed by atoms with Crippen molar-refractivity contribution in [2.24, 2.45) is 0 Å². The average molecular weight is 555 g/mol. The molecule has 3 aromatic rings. The largest absolute Gasteiger partial charge is 0.349 e. The highest BCUT2D eigenvalue weighted by Crippen LogP contribution is 2.50. The van der Waals surface area contributed by atoms with Gasteiger partial charge in [-0.25, -0.2) is 26.5 Å². The molecule has 190 valence electrons. The van der Waals surface area contributed by atoms with Crippen molar-refractivity contribution in [1.82, 2.24) is 9.97 Å². The molecule has 2 atom stereocenters. The molecule has 1 saturated carbocycles. The summed E-state index contributed by atoms with van der Waals surface area (Å²) in [5, 5.41) is 11.6. The van der Waals surface area contributed by atoms with Crippen LogP contribution < -0.4 is 4.31 Å². The molecule has 0 radical (unpaired) electrons. The number of benzene rings is 2. The maximum Gasteiger partial charge on any atom is 0.349 e. The fourth-order valence-electron chi connectivity index (χ4n) is 3.78. The fraction of sp³-hybridized carbons (Fsp3) is 0.304. The van der Waals surface area contributed by atoms with Crippen LogP contribution in [0.25, 0.3) is 0 Å². The second kappa shape index (κ2) is 10.3. The summed E-state index contributed by atoms with van der Waals surface area (Å²) in [6.07, 6.45) is 0.969. The predicted octanol–water partition coefficient (Wildman–Crippen LogP) is 5.88. The van der Waals surface area contributed by atoms with E-state index in [-0.39, 0.29) is 16.5 Å². The molecule has 4 rings (SSSR count). The van der Waals surface area contributed by atoms with E-state index in [1.54, 1.807) is 19.1 Å². The molecule has 36 heavy (non-hydrogen) atoms. The van der Waals surface area contributed by atoms with E-state index in [9.17, 15) is 27.3 Å². The molecule has 1 heterocycles. The number of hydrogen-bond acceptors (Lipinski definition) is 7. The van der Waals surface area contributed by atoms with Crippen molar-refractivity contribution in [3.8, 4) is 0 Å². The van der Waals surface area contributed by atoms with E-state index in [1.807, 2.05) is 6.92 Å². The van der Waals surface area contributed by atoms with Gasteiger partial charge in [-0.1, -0.05) is 54.0 Å². The van der Waals surface area contributed by atoms with Crippen LogP contribution in [0.3, 0.4) is 0 Å². The Labute approximate surface area is 215 Å². The number of halogens is 3. The summed E-state index contributed by atoms with van der Waals surface area (Å²) in [4.78, 5) is 19.3. The summed E-state index contributed by atoms with van der Waals surface area (Å²) in [5.41, 5.74) is 0.441. The highest BCUT2D eigenvalue weighted by Gasteiger charge is 2.51. The van der Waals surface area contributed by atoms with Crippen LogP contribution in [0.15, 0.2) is 52.5 Å². The summed E-state index contributed by atoms with van der Waals surface area (Å²) < 4.78 is 56.1. The molecule has 0 bridgehead atoms. The van der Waals surface area contributed by atoms with Crippen LogP contribution in [0.1, 0.15) is 36.8 Å². The third kappa shape index (κ3) is 5.16. The molecule has 1 aromatic heterocycles. The van der Waals surface area contributed by atoms with Gasteiger partial charge in [-0.2, -0.15) is 4.98 Å². The number of rotatable bonds is 9. The molecular weight excluding hydrogens is 534 g/mol. The lowest BCUT2D eigenvalue weighted by Crippen LogP contribution is -2.35. The van der Waals surface area contributed by atoms with Gasteiger partial charge >= 0.3 is 5.69 Å². The molecule has 0 unspecified atom stereocenters. The zero-order chi connectivity index (χ0) is 26.2. The van der Waals surface area contributed by atoms with Crippen LogP contribution in [0.5, 0.6) is 0 Å². The van der Waals surface area contributed by atoms with Crippen LogP contribution in [-0.2, 0) is 10.0 Å². The summed E-state index contributed by atoms with van der Waals surface area (Å²) in [7, 11) is -4.37. The number of nitro groups is 1. The number of aryl methyl sites for hydroxylation is 1. The van der Waals surface area contributed by atoms with Crippen LogP contribution in [0, 0.1) is 28.7 Å². The zero-order valence-electron chi connectivity index (χ0n) is 19.2. The lowest BCUT2D eigenvalue weighted by atomic mass is 10.1. The van der Waals surface area contributed by atoms with E-state index in [0.29, 0.717) is 11.3 Å². The first-order valence-electron chi connectivity index (χ1n) is 10.9. The molecule has 0 aliphatic heterocycles. The van der Waals surface area contributed by atoms with E-state index in [4.69, 9.17) is 11.6 Å². The average Bonchev–Trinajstić information content (AvgIpc) is 3.59. The normalized spacial score (nSPS) is 17.1. The highest BCUT2D eigenvalue weighted by atomic mass is 35.5. The van der Waals surface area contributed by atoms with Gasteiger partial charge in [0.25, 0.3) is 10.0 Å². The van der Waals surface area contributed by atoms with Gasteiger partial charge in [-0.05, 0) is 49.6 Å². The number of aromatic nitrogens is 2. The van der Waals surface area contributed by atoms with Crippen molar-refractivity contribution >= 4 is 44.9 Å². The highest BCUT2D eigenvalue weighted by molar-refractivity contribution is 7.99. The predicted molar refractivity (Wildman–Crippen MR) is 133 cm³/mol. The van der Waals surface area contributed by atoms with E-state index >= 15 is 0 Å². The maximum atomic E-state index is 13.9. The van der Waals surface area contributed by atoms with Crippen molar-refractivity contribution < 1.29 is 22.1 Å². The van der Waals surface area contributed by atoms with Crippen molar-refractivity contribution in [3.63, 3.8) is 0 Å². The SMILES string of the molecule is CCCSc1nc(Cl)c([N+](=O)[O-])c(N([C@@H]2C[C@H]2c2ccc(F)c(F)c2)S(=O)(=O)c2ccc(C)cc2)n1. The Balaban J connectivity index is 1.89. The lowest BCUT2D eigenvalue weighted by Gasteiger charge is -2.24. The molecule has 1 aliphatic carbocycles. The number of nitrogens with zero attached hydrogens (tertiary/aromatic N) is 4. The zero-order valence-corrected chi connectivity index (χ0v) is 21.6. The van der Waals surface area contributed by atoms with Crippen LogP contribution >= 0.6 is 23.4 Å². The van der Waals surface area contributed by atoms with Gasteiger partial charge in [0.15, 0.2) is 16.8 Å². The second-order valence-electron chi connectivity index (χ2n) is 8.27. The topological polar surface area (TPSA) is 106 Å². The van der Waals surface area contributed by atoms with E-state index in [2.05, 4.69) is 9.97 Å². The Bertz CT molecular complexity index is 1420. The molecule has 0 N–H and O–H groups in total. The third-order valence-electron chi connectivity index (χ3n) is 5.64. The van der Waals surface area contributed by atoms with Crippen molar-refractivity contribution in [2.75, 3.05) is 10.1 Å². The minimum atomic E-state index is -4.37. The minimum Gasteiger partial charge on any atom is -0.258 e. The maximum absolute atomic E-state index is 13.9.